The van der Waals surface area contributed by atoms with Crippen LogP contribution in [-0.2, 0) is 17.6 Å². The molecule has 1 nitrogen and oxygen atoms in total. The Balaban J connectivity index is 2.11. The lowest BCUT2D eigenvalue weighted by molar-refractivity contribution is -0.117. The molecule has 0 aromatic heterocycles. The summed E-state index contributed by atoms with van der Waals surface area (Å²) >= 11 is 8.99. The van der Waals surface area contributed by atoms with Crippen LogP contribution in [0.2, 0.25) is 5.02 Å². The van der Waals surface area contributed by atoms with Gasteiger partial charge in [-0.15, -0.1) is 0 Å². The first kappa shape index (κ1) is 15.1. The number of carbonyl (C=O) groups excluding carboxylic acids is 1. The van der Waals surface area contributed by atoms with Crippen LogP contribution < -0.4 is 0 Å². The Morgan fingerprint density at radius 1 is 1.10 bits per heavy atom. The van der Waals surface area contributed by atoms with E-state index in [0.717, 1.165) is 0 Å². The summed E-state index contributed by atoms with van der Waals surface area (Å²) in [5.41, 5.74) is 1.14. The second-order valence-corrected chi connectivity index (χ2v) is 5.54. The zero-order valence-electron chi connectivity index (χ0n) is 10.3. The van der Waals surface area contributed by atoms with Crippen molar-refractivity contribution in [2.75, 3.05) is 0 Å². The standard InChI is InChI=1S/C15H10BrClF2O/c16-15-10(2-1-3-14(15)19)7-12(20)6-9-4-5-11(18)8-13(9)17/h1-5,8H,6-7H2. The second kappa shape index (κ2) is 6.46. The third-order valence-electron chi connectivity index (χ3n) is 2.82. The van der Waals surface area contributed by atoms with Gasteiger partial charge in [-0.3, -0.25) is 4.79 Å². The van der Waals surface area contributed by atoms with Gasteiger partial charge in [0.25, 0.3) is 0 Å². The molecule has 0 unspecified atom stereocenters. The lowest BCUT2D eigenvalue weighted by Crippen LogP contribution is -2.08. The molecule has 20 heavy (non-hydrogen) atoms. The molecule has 0 fully saturated rings. The van der Waals surface area contributed by atoms with Crippen LogP contribution in [0, 0.1) is 11.6 Å². The van der Waals surface area contributed by atoms with Crippen LogP contribution in [0.1, 0.15) is 11.1 Å². The molecule has 0 radical (unpaired) electrons. The van der Waals surface area contributed by atoms with Crippen molar-refractivity contribution in [3.05, 3.63) is 68.7 Å². The van der Waals surface area contributed by atoms with E-state index in [0.29, 0.717) is 15.6 Å². The minimum Gasteiger partial charge on any atom is -0.299 e. The largest absolute Gasteiger partial charge is 0.299 e. The highest BCUT2D eigenvalue weighted by molar-refractivity contribution is 9.10. The van der Waals surface area contributed by atoms with Crippen molar-refractivity contribution < 1.29 is 13.6 Å². The molecule has 5 heteroatoms. The van der Waals surface area contributed by atoms with Gasteiger partial charge in [-0.05, 0) is 45.3 Å². The van der Waals surface area contributed by atoms with Crippen molar-refractivity contribution in [3.8, 4) is 0 Å². The van der Waals surface area contributed by atoms with Crippen LogP contribution in [0.4, 0.5) is 8.78 Å². The number of ketones is 1. The van der Waals surface area contributed by atoms with Crippen LogP contribution in [-0.4, -0.2) is 5.78 Å². The van der Waals surface area contributed by atoms with E-state index >= 15 is 0 Å². The maximum Gasteiger partial charge on any atom is 0.141 e. The van der Waals surface area contributed by atoms with Crippen molar-refractivity contribution in [2.45, 2.75) is 12.8 Å². The van der Waals surface area contributed by atoms with Crippen molar-refractivity contribution in [2.24, 2.45) is 0 Å². The molecule has 0 aliphatic heterocycles. The SMILES string of the molecule is O=C(Cc1ccc(F)cc1Cl)Cc1cccc(F)c1Br. The Morgan fingerprint density at radius 3 is 2.50 bits per heavy atom. The average Bonchev–Trinajstić information content (AvgIpc) is 2.38. The normalized spacial score (nSPS) is 10.6. The van der Waals surface area contributed by atoms with Crippen LogP contribution >= 0.6 is 27.5 Å². The number of Topliss-reactive ketones (excluding diaryl/α,β-unsaturated/α-hetero) is 1. The third kappa shape index (κ3) is 3.64. The number of carbonyl (C=O) groups is 1. The Bertz CT molecular complexity index is 658. The first-order valence-corrected chi connectivity index (χ1v) is 7.03. The highest BCUT2D eigenvalue weighted by Gasteiger charge is 2.12. The van der Waals surface area contributed by atoms with Gasteiger partial charge in [0, 0.05) is 17.9 Å². The number of halogens is 4. The molecule has 0 N–H and O–H groups in total. The van der Waals surface area contributed by atoms with E-state index in [2.05, 4.69) is 15.9 Å². The fraction of sp³-hybridized carbons (Fsp3) is 0.133. The molecule has 2 rings (SSSR count). The van der Waals surface area contributed by atoms with Gasteiger partial charge in [-0.2, -0.15) is 0 Å². The van der Waals surface area contributed by atoms with Crippen LogP contribution in [0.3, 0.4) is 0 Å². The third-order valence-corrected chi connectivity index (χ3v) is 4.06. The molecule has 0 saturated carbocycles. The zero-order chi connectivity index (χ0) is 14.7. The van der Waals surface area contributed by atoms with Gasteiger partial charge in [0.1, 0.15) is 17.4 Å². The van der Waals surface area contributed by atoms with Gasteiger partial charge in [0.15, 0.2) is 0 Å². The number of hydrogen-bond acceptors (Lipinski definition) is 1. The minimum absolute atomic E-state index is 0.0854. The molecule has 2 aromatic carbocycles. The average molecular weight is 360 g/mol. The quantitative estimate of drug-likeness (QED) is 0.771. The van der Waals surface area contributed by atoms with Crippen molar-refractivity contribution >= 4 is 33.3 Å². The summed E-state index contributed by atoms with van der Waals surface area (Å²) in [7, 11) is 0. The molecule has 0 amide bonds. The van der Waals surface area contributed by atoms with E-state index in [1.807, 2.05) is 0 Å². The lowest BCUT2D eigenvalue weighted by atomic mass is 10.0. The molecule has 0 spiro atoms. The first-order valence-electron chi connectivity index (χ1n) is 5.86. The van der Waals surface area contributed by atoms with Crippen LogP contribution in [0.5, 0.6) is 0 Å². The molecule has 0 aliphatic carbocycles. The van der Waals surface area contributed by atoms with Crippen LogP contribution in [0.25, 0.3) is 0 Å². The maximum absolute atomic E-state index is 13.3. The summed E-state index contributed by atoms with van der Waals surface area (Å²) in [6.45, 7) is 0. The molecule has 0 aliphatic rings. The zero-order valence-corrected chi connectivity index (χ0v) is 12.6. The van der Waals surface area contributed by atoms with Gasteiger partial charge in [-0.25, -0.2) is 8.78 Å². The van der Waals surface area contributed by atoms with Crippen molar-refractivity contribution in [1.29, 1.82) is 0 Å². The smallest absolute Gasteiger partial charge is 0.141 e. The van der Waals surface area contributed by atoms with Gasteiger partial charge in [0.05, 0.1) is 4.47 Å². The summed E-state index contributed by atoms with van der Waals surface area (Å²) < 4.78 is 26.5. The van der Waals surface area contributed by atoms with E-state index in [9.17, 15) is 13.6 Å². The number of hydrogen-bond donors (Lipinski definition) is 0. The van der Waals surface area contributed by atoms with Crippen LogP contribution in [0.15, 0.2) is 40.9 Å². The minimum atomic E-state index is -0.445. The topological polar surface area (TPSA) is 17.1 Å². The monoisotopic (exact) mass is 358 g/mol. The molecule has 0 atom stereocenters. The van der Waals surface area contributed by atoms with Gasteiger partial charge in [0.2, 0.25) is 0 Å². The number of rotatable bonds is 4. The highest BCUT2D eigenvalue weighted by atomic mass is 79.9. The van der Waals surface area contributed by atoms with Gasteiger partial charge < -0.3 is 0 Å². The fourth-order valence-corrected chi connectivity index (χ4v) is 2.48. The Hall–Kier alpha value is -1.26. The molecule has 104 valence electrons. The number of benzene rings is 2. The molecule has 2 aromatic rings. The van der Waals surface area contributed by atoms with E-state index < -0.39 is 11.6 Å². The Kier molecular flexibility index (Phi) is 4.89. The van der Waals surface area contributed by atoms with E-state index in [1.54, 1.807) is 12.1 Å². The van der Waals surface area contributed by atoms with E-state index in [-0.39, 0.29) is 23.6 Å². The fourth-order valence-electron chi connectivity index (χ4n) is 1.84. The van der Waals surface area contributed by atoms with E-state index in [4.69, 9.17) is 11.6 Å². The van der Waals surface area contributed by atoms with Gasteiger partial charge in [-0.1, -0.05) is 29.8 Å². The predicted molar refractivity (Wildman–Crippen MR) is 77.9 cm³/mol. The first-order chi connectivity index (χ1) is 9.47. The van der Waals surface area contributed by atoms with Crippen molar-refractivity contribution in [3.63, 3.8) is 0 Å². The lowest BCUT2D eigenvalue weighted by Gasteiger charge is -2.06. The molecule has 0 bridgehead atoms. The van der Waals surface area contributed by atoms with E-state index in [1.165, 1.54) is 24.3 Å². The Morgan fingerprint density at radius 2 is 1.80 bits per heavy atom. The predicted octanol–water partition coefficient (Wildman–Crippen LogP) is 4.74. The summed E-state index contributed by atoms with van der Waals surface area (Å²) in [6.07, 6.45) is 0.175. The van der Waals surface area contributed by atoms with Crippen molar-refractivity contribution in [1.82, 2.24) is 0 Å². The van der Waals surface area contributed by atoms with Gasteiger partial charge >= 0.3 is 0 Å². The molecule has 0 saturated heterocycles. The summed E-state index contributed by atoms with van der Waals surface area (Å²) in [5.74, 6) is -0.973. The molecule has 0 heterocycles. The maximum atomic E-state index is 13.3. The summed E-state index contributed by atoms with van der Waals surface area (Å²) in [6, 6.07) is 8.45. The Labute approximate surface area is 128 Å². The molecular weight excluding hydrogens is 350 g/mol. The summed E-state index contributed by atoms with van der Waals surface area (Å²) in [4.78, 5) is 12.0. The molecular formula is C15H10BrClF2O. The second-order valence-electron chi connectivity index (χ2n) is 4.34. The summed E-state index contributed by atoms with van der Waals surface area (Å²) in [5, 5.41) is 0.219. The highest BCUT2D eigenvalue weighted by Crippen LogP contribution is 2.22.